The molecule has 1 aliphatic rings. The molecular formula is C20H22N6O3. The standard InChI is InChI=1S/C20H22N6O3/c1-28-17-4-2-3-14(13-17)18(27)26-19(21)23-20(24-26)22-15-5-7-16(8-6-15)25-9-11-29-12-10-25/h2-8,13H,9-12H2,1H3,(H3,21,22,23,24). The number of benzene rings is 2. The van der Waals surface area contributed by atoms with Crippen LogP contribution in [0.1, 0.15) is 10.4 Å². The highest BCUT2D eigenvalue weighted by Crippen LogP contribution is 2.22. The molecule has 0 radical (unpaired) electrons. The summed E-state index contributed by atoms with van der Waals surface area (Å²) in [7, 11) is 1.54. The van der Waals surface area contributed by atoms with Crippen molar-refractivity contribution in [2.75, 3.05) is 49.4 Å². The molecule has 1 fully saturated rings. The molecule has 0 amide bonds. The number of methoxy groups -OCH3 is 1. The summed E-state index contributed by atoms with van der Waals surface area (Å²) in [6.07, 6.45) is 0. The summed E-state index contributed by atoms with van der Waals surface area (Å²) in [6.45, 7) is 3.23. The number of hydrogen-bond donors (Lipinski definition) is 2. The van der Waals surface area contributed by atoms with Crippen molar-refractivity contribution in [3.63, 3.8) is 0 Å². The van der Waals surface area contributed by atoms with E-state index in [0.29, 0.717) is 11.3 Å². The molecule has 9 nitrogen and oxygen atoms in total. The summed E-state index contributed by atoms with van der Waals surface area (Å²) < 4.78 is 11.6. The summed E-state index contributed by atoms with van der Waals surface area (Å²) in [4.78, 5) is 19.1. The fourth-order valence-electron chi connectivity index (χ4n) is 3.11. The number of nitrogen functional groups attached to an aromatic ring is 1. The van der Waals surface area contributed by atoms with Crippen LogP contribution in [0.2, 0.25) is 0 Å². The molecule has 150 valence electrons. The van der Waals surface area contributed by atoms with Crippen molar-refractivity contribution in [2.24, 2.45) is 0 Å². The Morgan fingerprint density at radius 1 is 1.17 bits per heavy atom. The average molecular weight is 394 g/mol. The van der Waals surface area contributed by atoms with Crippen molar-refractivity contribution in [2.45, 2.75) is 0 Å². The van der Waals surface area contributed by atoms with Gasteiger partial charge in [-0.2, -0.15) is 9.67 Å². The Labute approximate surface area is 168 Å². The van der Waals surface area contributed by atoms with E-state index in [1.807, 2.05) is 24.3 Å². The topological polar surface area (TPSA) is 108 Å². The molecule has 0 aliphatic carbocycles. The van der Waals surface area contributed by atoms with Crippen LogP contribution >= 0.6 is 0 Å². The first-order valence-electron chi connectivity index (χ1n) is 9.25. The normalized spacial score (nSPS) is 13.9. The second-order valence-electron chi connectivity index (χ2n) is 6.51. The van der Waals surface area contributed by atoms with Crippen molar-refractivity contribution in [1.29, 1.82) is 0 Å². The number of ether oxygens (including phenoxy) is 2. The first-order valence-corrected chi connectivity index (χ1v) is 9.25. The smallest absolute Gasteiger partial charge is 0.281 e. The van der Waals surface area contributed by atoms with Gasteiger partial charge in [0.1, 0.15) is 5.75 Å². The number of anilines is 4. The van der Waals surface area contributed by atoms with Gasteiger partial charge in [0, 0.05) is 30.0 Å². The van der Waals surface area contributed by atoms with E-state index in [0.717, 1.165) is 42.4 Å². The third kappa shape index (κ3) is 4.14. The predicted molar refractivity (Wildman–Crippen MR) is 110 cm³/mol. The zero-order valence-electron chi connectivity index (χ0n) is 16.0. The second-order valence-corrected chi connectivity index (χ2v) is 6.51. The quantitative estimate of drug-likeness (QED) is 0.678. The molecule has 3 aromatic rings. The number of nitrogens with zero attached hydrogens (tertiary/aromatic N) is 4. The molecule has 0 unspecified atom stereocenters. The fourth-order valence-corrected chi connectivity index (χ4v) is 3.11. The molecule has 4 rings (SSSR count). The molecule has 9 heteroatoms. The van der Waals surface area contributed by atoms with Gasteiger partial charge in [0.25, 0.3) is 5.91 Å². The SMILES string of the molecule is COc1cccc(C(=O)n2nc(Nc3ccc(N4CCOCC4)cc3)nc2N)c1. The van der Waals surface area contributed by atoms with E-state index < -0.39 is 0 Å². The third-order valence-electron chi connectivity index (χ3n) is 4.64. The van der Waals surface area contributed by atoms with Crippen molar-refractivity contribution >= 4 is 29.2 Å². The van der Waals surface area contributed by atoms with Gasteiger partial charge in [0.15, 0.2) is 0 Å². The minimum Gasteiger partial charge on any atom is -0.497 e. The molecule has 29 heavy (non-hydrogen) atoms. The summed E-state index contributed by atoms with van der Waals surface area (Å²) in [5.41, 5.74) is 8.24. The van der Waals surface area contributed by atoms with Gasteiger partial charge in [-0.25, -0.2) is 0 Å². The van der Waals surface area contributed by atoms with Crippen LogP contribution < -0.4 is 20.7 Å². The fraction of sp³-hybridized carbons (Fsp3) is 0.250. The summed E-state index contributed by atoms with van der Waals surface area (Å²) in [5, 5.41) is 7.28. The lowest BCUT2D eigenvalue weighted by atomic mass is 10.2. The van der Waals surface area contributed by atoms with Gasteiger partial charge in [-0.15, -0.1) is 5.10 Å². The molecule has 0 bridgehead atoms. The molecular weight excluding hydrogens is 372 g/mol. The number of aromatic nitrogens is 3. The molecule has 0 atom stereocenters. The zero-order valence-corrected chi connectivity index (χ0v) is 16.0. The summed E-state index contributed by atoms with van der Waals surface area (Å²) in [6, 6.07) is 14.7. The average Bonchev–Trinajstić information content (AvgIpc) is 3.14. The highest BCUT2D eigenvalue weighted by molar-refractivity contribution is 5.97. The maximum absolute atomic E-state index is 12.7. The Bertz CT molecular complexity index is 996. The van der Waals surface area contributed by atoms with Crippen LogP contribution in [0.5, 0.6) is 5.75 Å². The van der Waals surface area contributed by atoms with Gasteiger partial charge in [-0.3, -0.25) is 4.79 Å². The Morgan fingerprint density at radius 3 is 2.66 bits per heavy atom. The molecule has 3 N–H and O–H groups in total. The lowest BCUT2D eigenvalue weighted by Crippen LogP contribution is -2.36. The van der Waals surface area contributed by atoms with Crippen LogP contribution in [0.25, 0.3) is 0 Å². The van der Waals surface area contributed by atoms with E-state index in [-0.39, 0.29) is 17.8 Å². The molecule has 1 saturated heterocycles. The van der Waals surface area contributed by atoms with Crippen LogP contribution in [0.15, 0.2) is 48.5 Å². The Balaban J connectivity index is 1.48. The van der Waals surface area contributed by atoms with E-state index in [4.69, 9.17) is 15.2 Å². The second kappa shape index (κ2) is 8.19. The number of carbonyl (C=O) groups excluding carboxylic acids is 1. The Hall–Kier alpha value is -3.59. The Kier molecular flexibility index (Phi) is 5.30. The van der Waals surface area contributed by atoms with Crippen LogP contribution in [-0.2, 0) is 4.74 Å². The third-order valence-corrected chi connectivity index (χ3v) is 4.64. The number of nitrogens with one attached hydrogen (secondary N) is 1. The van der Waals surface area contributed by atoms with Crippen LogP contribution in [0.4, 0.5) is 23.3 Å². The van der Waals surface area contributed by atoms with Crippen molar-refractivity contribution < 1.29 is 14.3 Å². The van der Waals surface area contributed by atoms with Crippen LogP contribution in [0.3, 0.4) is 0 Å². The predicted octanol–water partition coefficient (Wildman–Crippen LogP) is 2.14. The molecule has 0 spiro atoms. The van der Waals surface area contributed by atoms with E-state index in [1.54, 1.807) is 31.4 Å². The number of rotatable bonds is 5. The number of nitrogens with two attached hydrogens (primary N) is 1. The highest BCUT2D eigenvalue weighted by Gasteiger charge is 2.17. The molecule has 2 aromatic carbocycles. The van der Waals surface area contributed by atoms with E-state index in [2.05, 4.69) is 20.3 Å². The van der Waals surface area contributed by atoms with Crippen molar-refractivity contribution in [3.8, 4) is 5.75 Å². The Morgan fingerprint density at radius 2 is 1.93 bits per heavy atom. The van der Waals surface area contributed by atoms with E-state index >= 15 is 0 Å². The minimum atomic E-state index is -0.385. The van der Waals surface area contributed by atoms with E-state index in [9.17, 15) is 4.79 Å². The van der Waals surface area contributed by atoms with Gasteiger partial charge in [-0.1, -0.05) is 6.07 Å². The maximum atomic E-state index is 12.7. The first kappa shape index (κ1) is 18.8. The van der Waals surface area contributed by atoms with Gasteiger partial charge < -0.3 is 25.4 Å². The lowest BCUT2D eigenvalue weighted by molar-refractivity contribution is 0.0947. The minimum absolute atomic E-state index is 0.00487. The van der Waals surface area contributed by atoms with Gasteiger partial charge >= 0.3 is 0 Å². The van der Waals surface area contributed by atoms with Gasteiger partial charge in [-0.05, 0) is 42.5 Å². The molecule has 1 aliphatic heterocycles. The number of morpholine rings is 1. The first-order chi connectivity index (χ1) is 14.1. The zero-order chi connectivity index (χ0) is 20.2. The highest BCUT2D eigenvalue weighted by atomic mass is 16.5. The summed E-state index contributed by atoms with van der Waals surface area (Å²) >= 11 is 0. The van der Waals surface area contributed by atoms with E-state index in [1.165, 1.54) is 0 Å². The molecule has 2 heterocycles. The van der Waals surface area contributed by atoms with Gasteiger partial charge in [0.2, 0.25) is 11.9 Å². The van der Waals surface area contributed by atoms with Gasteiger partial charge in [0.05, 0.1) is 20.3 Å². The largest absolute Gasteiger partial charge is 0.497 e. The van der Waals surface area contributed by atoms with Crippen LogP contribution in [0, 0.1) is 0 Å². The van der Waals surface area contributed by atoms with Crippen LogP contribution in [-0.4, -0.2) is 54.1 Å². The maximum Gasteiger partial charge on any atom is 0.281 e. The molecule has 0 saturated carbocycles. The monoisotopic (exact) mass is 394 g/mol. The number of carbonyl (C=O) groups is 1. The lowest BCUT2D eigenvalue weighted by Gasteiger charge is -2.28. The van der Waals surface area contributed by atoms with Crippen molar-refractivity contribution in [3.05, 3.63) is 54.1 Å². The number of hydrogen-bond acceptors (Lipinski definition) is 8. The van der Waals surface area contributed by atoms with Crippen molar-refractivity contribution in [1.82, 2.24) is 14.8 Å². The summed E-state index contributed by atoms with van der Waals surface area (Å²) in [5.74, 6) is 0.445. The molecule has 1 aromatic heterocycles.